The van der Waals surface area contributed by atoms with E-state index in [1.165, 1.54) is 12.1 Å². The molecule has 0 spiro atoms. The molecule has 0 radical (unpaired) electrons. The zero-order valence-corrected chi connectivity index (χ0v) is 20.0. The number of hydrogen-bond acceptors (Lipinski definition) is 5. The molecule has 1 amide bonds. The van der Waals surface area contributed by atoms with E-state index in [0.717, 1.165) is 63.2 Å². The zero-order valence-electron chi connectivity index (χ0n) is 20.0. The lowest BCUT2D eigenvalue weighted by Crippen LogP contribution is -2.13. The second-order valence-electron chi connectivity index (χ2n) is 9.59. The Morgan fingerprint density at radius 2 is 1.76 bits per heavy atom. The Hall–Kier alpha value is -5.05. The first-order chi connectivity index (χ1) is 18.5. The number of aromatic nitrogens is 5. The lowest BCUT2D eigenvalue weighted by Gasteiger charge is -2.07. The Labute approximate surface area is 215 Å². The zero-order chi connectivity index (χ0) is 25.8. The normalized spacial score (nSPS) is 13.3. The van der Waals surface area contributed by atoms with Crippen molar-refractivity contribution in [1.29, 1.82) is 0 Å². The lowest BCUT2D eigenvalue weighted by molar-refractivity contribution is -0.117. The number of phenolic OH excluding ortho intramolecular Hbond substituents is 1. The number of H-pyrrole nitrogens is 2. The van der Waals surface area contributed by atoms with Gasteiger partial charge in [0.15, 0.2) is 0 Å². The van der Waals surface area contributed by atoms with Gasteiger partial charge in [-0.25, -0.2) is 4.39 Å². The molecule has 4 aromatic heterocycles. The highest BCUT2D eigenvalue weighted by Crippen LogP contribution is 2.36. The summed E-state index contributed by atoms with van der Waals surface area (Å²) in [7, 11) is 0. The molecule has 0 saturated heterocycles. The SMILES string of the molecule is O=C(Nc1cncc(-c2ccc3[nH]nc(-c4cc5c(-c6cc(O)cc(F)c6)cncc5[nH]4)c3c2)c1)C1CC1. The first-order valence-electron chi connectivity index (χ1n) is 12.2. The molecule has 9 heteroatoms. The van der Waals surface area contributed by atoms with Crippen LogP contribution < -0.4 is 5.32 Å². The van der Waals surface area contributed by atoms with Gasteiger partial charge in [-0.1, -0.05) is 6.07 Å². The van der Waals surface area contributed by atoms with E-state index in [-0.39, 0.29) is 17.6 Å². The van der Waals surface area contributed by atoms with Gasteiger partial charge < -0.3 is 15.4 Å². The number of halogens is 1. The number of benzene rings is 2. The molecule has 0 unspecified atom stereocenters. The van der Waals surface area contributed by atoms with E-state index in [1.807, 2.05) is 30.3 Å². The third kappa shape index (κ3) is 3.94. The highest BCUT2D eigenvalue weighted by atomic mass is 19.1. The molecule has 6 aromatic rings. The number of fused-ring (bicyclic) bond motifs is 2. The number of aromatic amines is 2. The minimum Gasteiger partial charge on any atom is -0.508 e. The number of hydrogen-bond donors (Lipinski definition) is 4. The van der Waals surface area contributed by atoms with Gasteiger partial charge in [0.05, 0.1) is 34.8 Å². The van der Waals surface area contributed by atoms with E-state index in [0.29, 0.717) is 16.8 Å². The van der Waals surface area contributed by atoms with Gasteiger partial charge in [-0.05, 0) is 60.4 Å². The second-order valence-corrected chi connectivity index (χ2v) is 9.59. The van der Waals surface area contributed by atoms with Crippen LogP contribution in [0.4, 0.5) is 10.1 Å². The average molecular weight is 505 g/mol. The van der Waals surface area contributed by atoms with Crippen molar-refractivity contribution in [2.75, 3.05) is 5.32 Å². The van der Waals surface area contributed by atoms with Crippen LogP contribution in [0.15, 0.2) is 73.3 Å². The number of rotatable bonds is 5. The standard InChI is InChI=1S/C29H21FN6O2/c30-19-5-17(7-21(37)9-19)24-13-32-14-27-22(24)10-26(34-27)28-23-8-16(3-4-25(23)35-36-28)18-6-20(12-31-11-18)33-29(38)15-1-2-15/h3-15,34,37H,1-2H2,(H,33,38)(H,35,36). The number of carbonyl (C=O) groups is 1. The summed E-state index contributed by atoms with van der Waals surface area (Å²) in [6.45, 7) is 0. The van der Waals surface area contributed by atoms with Crippen molar-refractivity contribution in [3.63, 3.8) is 0 Å². The van der Waals surface area contributed by atoms with Crippen LogP contribution in [0.2, 0.25) is 0 Å². The molecule has 0 aliphatic heterocycles. The van der Waals surface area contributed by atoms with Gasteiger partial charge in [0.25, 0.3) is 0 Å². The third-order valence-corrected chi connectivity index (χ3v) is 6.84. The van der Waals surface area contributed by atoms with Crippen molar-refractivity contribution in [2.45, 2.75) is 12.8 Å². The number of phenols is 1. The van der Waals surface area contributed by atoms with Crippen LogP contribution >= 0.6 is 0 Å². The number of anilines is 1. The van der Waals surface area contributed by atoms with E-state index >= 15 is 0 Å². The Morgan fingerprint density at radius 3 is 2.61 bits per heavy atom. The molecule has 186 valence electrons. The van der Waals surface area contributed by atoms with E-state index < -0.39 is 5.82 Å². The van der Waals surface area contributed by atoms with Crippen molar-refractivity contribution < 1.29 is 14.3 Å². The number of carbonyl (C=O) groups excluding carboxylic acids is 1. The summed E-state index contributed by atoms with van der Waals surface area (Å²) in [4.78, 5) is 24.2. The van der Waals surface area contributed by atoms with Crippen LogP contribution in [-0.4, -0.2) is 36.2 Å². The second kappa shape index (κ2) is 8.52. The van der Waals surface area contributed by atoms with Crippen molar-refractivity contribution in [2.24, 2.45) is 5.92 Å². The Kier molecular flexibility index (Phi) is 4.97. The van der Waals surface area contributed by atoms with E-state index in [2.05, 4.69) is 30.5 Å². The van der Waals surface area contributed by atoms with Crippen molar-refractivity contribution in [3.05, 3.63) is 79.1 Å². The van der Waals surface area contributed by atoms with Crippen LogP contribution in [0, 0.1) is 11.7 Å². The summed E-state index contributed by atoms with van der Waals surface area (Å²) in [6.07, 6.45) is 8.65. The predicted octanol–water partition coefficient (Wildman–Crippen LogP) is 6.03. The molecule has 1 fully saturated rings. The van der Waals surface area contributed by atoms with Crippen LogP contribution in [0.3, 0.4) is 0 Å². The van der Waals surface area contributed by atoms with Crippen LogP contribution in [0.1, 0.15) is 12.8 Å². The molecule has 7 rings (SSSR count). The molecule has 4 N–H and O–H groups in total. The number of aromatic hydroxyl groups is 1. The maximum Gasteiger partial charge on any atom is 0.227 e. The summed E-state index contributed by atoms with van der Waals surface area (Å²) in [5.74, 6) is -0.520. The van der Waals surface area contributed by atoms with E-state index in [4.69, 9.17) is 0 Å². The number of pyridine rings is 2. The highest BCUT2D eigenvalue weighted by Gasteiger charge is 2.29. The average Bonchev–Trinajstić information content (AvgIpc) is 3.54. The number of amides is 1. The van der Waals surface area contributed by atoms with Crippen LogP contribution in [0.25, 0.3) is 55.4 Å². The maximum absolute atomic E-state index is 14.0. The van der Waals surface area contributed by atoms with Crippen molar-refractivity contribution in [3.8, 4) is 39.4 Å². The fraction of sp³-hybridized carbons (Fsp3) is 0.103. The Morgan fingerprint density at radius 1 is 0.895 bits per heavy atom. The van der Waals surface area contributed by atoms with Gasteiger partial charge >= 0.3 is 0 Å². The first kappa shape index (κ1) is 22.2. The van der Waals surface area contributed by atoms with Gasteiger partial charge in [0, 0.05) is 46.3 Å². The molecular formula is C29H21FN6O2. The first-order valence-corrected chi connectivity index (χ1v) is 12.2. The lowest BCUT2D eigenvalue weighted by atomic mass is 10.0. The molecule has 4 heterocycles. The molecule has 38 heavy (non-hydrogen) atoms. The number of nitrogens with one attached hydrogen (secondary N) is 3. The summed E-state index contributed by atoms with van der Waals surface area (Å²) in [5.41, 5.74) is 6.81. The largest absolute Gasteiger partial charge is 0.508 e. The quantitative estimate of drug-likeness (QED) is 0.229. The van der Waals surface area contributed by atoms with Crippen LogP contribution in [0.5, 0.6) is 5.75 Å². The monoisotopic (exact) mass is 504 g/mol. The number of nitrogens with zero attached hydrogens (tertiary/aromatic N) is 3. The van der Waals surface area contributed by atoms with Crippen molar-refractivity contribution >= 4 is 33.4 Å². The summed E-state index contributed by atoms with van der Waals surface area (Å²) in [6, 6.07) is 13.8. The van der Waals surface area contributed by atoms with Gasteiger partial charge in [-0.15, -0.1) is 0 Å². The predicted molar refractivity (Wildman–Crippen MR) is 143 cm³/mol. The van der Waals surface area contributed by atoms with E-state index in [1.54, 1.807) is 24.8 Å². The molecule has 0 bridgehead atoms. The van der Waals surface area contributed by atoms with E-state index in [9.17, 15) is 14.3 Å². The van der Waals surface area contributed by atoms with Gasteiger partial charge in [0.1, 0.15) is 17.3 Å². The highest BCUT2D eigenvalue weighted by molar-refractivity contribution is 6.01. The van der Waals surface area contributed by atoms with Gasteiger partial charge in [-0.2, -0.15) is 5.10 Å². The molecule has 0 atom stereocenters. The smallest absolute Gasteiger partial charge is 0.227 e. The molecule has 1 aliphatic rings. The third-order valence-electron chi connectivity index (χ3n) is 6.84. The molecule has 8 nitrogen and oxygen atoms in total. The van der Waals surface area contributed by atoms with Crippen molar-refractivity contribution in [1.82, 2.24) is 25.1 Å². The Bertz CT molecular complexity index is 1850. The fourth-order valence-corrected chi connectivity index (χ4v) is 4.79. The van der Waals surface area contributed by atoms with Crippen LogP contribution in [-0.2, 0) is 4.79 Å². The summed E-state index contributed by atoms with van der Waals surface area (Å²) < 4.78 is 14.0. The minimum absolute atomic E-state index is 0.0395. The minimum atomic E-state index is -0.524. The summed E-state index contributed by atoms with van der Waals surface area (Å²) in [5, 5.41) is 22.2. The fourth-order valence-electron chi connectivity index (χ4n) is 4.79. The molecular weight excluding hydrogens is 483 g/mol. The molecule has 2 aromatic carbocycles. The molecule has 1 aliphatic carbocycles. The molecule has 1 saturated carbocycles. The maximum atomic E-state index is 14.0. The Balaban J connectivity index is 1.29. The topological polar surface area (TPSA) is 120 Å². The summed E-state index contributed by atoms with van der Waals surface area (Å²) >= 11 is 0. The van der Waals surface area contributed by atoms with Gasteiger partial charge in [-0.3, -0.25) is 19.9 Å². The van der Waals surface area contributed by atoms with Gasteiger partial charge in [0.2, 0.25) is 5.91 Å².